The Morgan fingerprint density at radius 1 is 1.17 bits per heavy atom. The molecule has 0 unspecified atom stereocenters. The van der Waals surface area contributed by atoms with Gasteiger partial charge >= 0.3 is 0 Å². The third-order valence-corrected chi connectivity index (χ3v) is 4.75. The Bertz CT molecular complexity index is 618. The van der Waals surface area contributed by atoms with Crippen molar-refractivity contribution < 1.29 is 9.63 Å². The Hall–Kier alpha value is -1.72. The Morgan fingerprint density at radius 3 is 2.57 bits per heavy atom. The average Bonchev–Trinajstić information content (AvgIpc) is 3.10. The van der Waals surface area contributed by atoms with Crippen LogP contribution in [0.15, 0.2) is 28.8 Å². The first-order chi connectivity index (χ1) is 11.3. The topological polar surface area (TPSA) is 71.2 Å². The van der Waals surface area contributed by atoms with E-state index < -0.39 is 0 Å². The number of aliphatic hydroxyl groups is 1. The molecule has 0 atom stereocenters. The fourth-order valence-corrected chi connectivity index (χ4v) is 3.26. The van der Waals surface area contributed by atoms with E-state index in [0.717, 1.165) is 55.9 Å². The van der Waals surface area contributed by atoms with Gasteiger partial charge in [-0.05, 0) is 36.8 Å². The number of benzene rings is 1. The second-order valence-corrected chi connectivity index (χ2v) is 6.26. The van der Waals surface area contributed by atoms with Crippen LogP contribution in [0.25, 0.3) is 0 Å². The van der Waals surface area contributed by atoms with Crippen LogP contribution in [0.4, 0.5) is 0 Å². The molecule has 2 aromatic rings. The van der Waals surface area contributed by atoms with Crippen molar-refractivity contribution in [3.8, 4) is 0 Å². The number of nitrogens with one attached hydrogen (secondary N) is 1. The number of hydrogen-bond donors (Lipinski definition) is 2. The normalized spacial score (nSPS) is 21.5. The van der Waals surface area contributed by atoms with Crippen LogP contribution in [-0.4, -0.2) is 21.3 Å². The van der Waals surface area contributed by atoms with Crippen LogP contribution in [0.3, 0.4) is 0 Å². The van der Waals surface area contributed by atoms with Crippen molar-refractivity contribution >= 4 is 0 Å². The SMILES string of the molecule is CCc1noc(C2CCC(NCc3ccccc3CO)CC2)n1. The minimum absolute atomic E-state index is 0.0987. The van der Waals surface area contributed by atoms with Crippen molar-refractivity contribution in [1.29, 1.82) is 0 Å². The number of hydrogen-bond acceptors (Lipinski definition) is 5. The van der Waals surface area contributed by atoms with Gasteiger partial charge in [-0.15, -0.1) is 0 Å². The Balaban J connectivity index is 1.49. The van der Waals surface area contributed by atoms with Crippen molar-refractivity contribution in [2.45, 2.75) is 64.1 Å². The highest BCUT2D eigenvalue weighted by Gasteiger charge is 2.26. The van der Waals surface area contributed by atoms with Gasteiger partial charge in [0.25, 0.3) is 0 Å². The molecule has 1 aromatic carbocycles. The zero-order valence-electron chi connectivity index (χ0n) is 13.7. The lowest BCUT2D eigenvalue weighted by Gasteiger charge is -2.27. The Kier molecular flexibility index (Phi) is 5.41. The van der Waals surface area contributed by atoms with Gasteiger partial charge in [-0.1, -0.05) is 36.3 Å². The first kappa shape index (κ1) is 16.1. The van der Waals surface area contributed by atoms with E-state index in [1.54, 1.807) is 0 Å². The zero-order chi connectivity index (χ0) is 16.1. The molecule has 1 aliphatic rings. The highest BCUT2D eigenvalue weighted by Crippen LogP contribution is 2.32. The van der Waals surface area contributed by atoms with E-state index in [1.165, 1.54) is 5.56 Å². The van der Waals surface area contributed by atoms with E-state index in [4.69, 9.17) is 4.52 Å². The molecule has 0 radical (unpaired) electrons. The zero-order valence-corrected chi connectivity index (χ0v) is 13.7. The van der Waals surface area contributed by atoms with Crippen molar-refractivity contribution in [2.75, 3.05) is 0 Å². The number of aromatic nitrogens is 2. The summed E-state index contributed by atoms with van der Waals surface area (Å²) in [5.41, 5.74) is 2.19. The molecule has 1 saturated carbocycles. The van der Waals surface area contributed by atoms with E-state index in [-0.39, 0.29) is 6.61 Å². The van der Waals surface area contributed by atoms with Gasteiger partial charge in [0, 0.05) is 24.9 Å². The summed E-state index contributed by atoms with van der Waals surface area (Å²) in [7, 11) is 0. The third-order valence-electron chi connectivity index (χ3n) is 4.75. The van der Waals surface area contributed by atoms with Crippen molar-refractivity contribution in [3.63, 3.8) is 0 Å². The van der Waals surface area contributed by atoms with Gasteiger partial charge in [0.15, 0.2) is 5.82 Å². The summed E-state index contributed by atoms with van der Waals surface area (Å²) in [4.78, 5) is 4.47. The highest BCUT2D eigenvalue weighted by atomic mass is 16.5. The summed E-state index contributed by atoms with van der Waals surface area (Å²) in [6.07, 6.45) is 5.24. The van der Waals surface area contributed by atoms with Crippen LogP contribution in [0, 0.1) is 0 Å². The summed E-state index contributed by atoms with van der Waals surface area (Å²) in [5, 5.41) is 17.0. The molecule has 124 valence electrons. The minimum Gasteiger partial charge on any atom is -0.392 e. The molecule has 0 spiro atoms. The van der Waals surface area contributed by atoms with Gasteiger partial charge in [-0.2, -0.15) is 4.98 Å². The van der Waals surface area contributed by atoms with Gasteiger partial charge in [0.2, 0.25) is 5.89 Å². The molecule has 0 bridgehead atoms. The molecule has 5 nitrogen and oxygen atoms in total. The summed E-state index contributed by atoms with van der Waals surface area (Å²) in [6, 6.07) is 8.57. The van der Waals surface area contributed by atoms with Gasteiger partial charge in [0.05, 0.1) is 6.61 Å². The number of aryl methyl sites for hydroxylation is 1. The lowest BCUT2D eigenvalue weighted by atomic mass is 9.86. The number of nitrogens with zero attached hydrogens (tertiary/aromatic N) is 2. The van der Waals surface area contributed by atoms with E-state index >= 15 is 0 Å². The quantitative estimate of drug-likeness (QED) is 0.857. The predicted octanol–water partition coefficient (Wildman–Crippen LogP) is 2.94. The standard InChI is InChI=1S/C18H25N3O2/c1-2-17-20-18(23-21-17)13-7-9-16(10-8-13)19-11-14-5-3-4-6-15(14)12-22/h3-6,13,16,19,22H,2,7-12H2,1H3. The van der Waals surface area contributed by atoms with Gasteiger partial charge < -0.3 is 14.9 Å². The lowest BCUT2D eigenvalue weighted by Crippen LogP contribution is -2.32. The van der Waals surface area contributed by atoms with E-state index in [0.29, 0.717) is 12.0 Å². The largest absolute Gasteiger partial charge is 0.392 e. The average molecular weight is 315 g/mol. The first-order valence-corrected chi connectivity index (χ1v) is 8.53. The van der Waals surface area contributed by atoms with Crippen LogP contribution in [0.1, 0.15) is 61.4 Å². The second kappa shape index (κ2) is 7.70. The molecule has 1 fully saturated rings. The van der Waals surface area contributed by atoms with Crippen molar-refractivity contribution in [2.24, 2.45) is 0 Å². The maximum Gasteiger partial charge on any atom is 0.229 e. The van der Waals surface area contributed by atoms with Crippen molar-refractivity contribution in [3.05, 3.63) is 47.1 Å². The monoisotopic (exact) mass is 315 g/mol. The molecule has 2 N–H and O–H groups in total. The van der Waals surface area contributed by atoms with Gasteiger partial charge in [0.1, 0.15) is 0 Å². The summed E-state index contributed by atoms with van der Waals surface area (Å²) in [6.45, 7) is 2.95. The minimum atomic E-state index is 0.0987. The van der Waals surface area contributed by atoms with Crippen LogP contribution < -0.4 is 5.32 Å². The van der Waals surface area contributed by atoms with E-state index in [2.05, 4.69) is 21.5 Å². The summed E-state index contributed by atoms with van der Waals surface area (Å²) < 4.78 is 5.38. The van der Waals surface area contributed by atoms with Crippen LogP contribution in [-0.2, 0) is 19.6 Å². The maximum atomic E-state index is 9.39. The van der Waals surface area contributed by atoms with E-state index in [9.17, 15) is 5.11 Å². The highest BCUT2D eigenvalue weighted by molar-refractivity contribution is 5.26. The first-order valence-electron chi connectivity index (χ1n) is 8.53. The molecule has 1 aliphatic carbocycles. The number of rotatable bonds is 6. The molecule has 1 heterocycles. The molecular formula is C18H25N3O2. The maximum absolute atomic E-state index is 9.39. The Labute approximate surface area is 137 Å². The third kappa shape index (κ3) is 3.98. The van der Waals surface area contributed by atoms with Gasteiger partial charge in [-0.3, -0.25) is 0 Å². The molecule has 0 aliphatic heterocycles. The lowest BCUT2D eigenvalue weighted by molar-refractivity contribution is 0.275. The second-order valence-electron chi connectivity index (χ2n) is 6.26. The molecule has 1 aromatic heterocycles. The fourth-order valence-electron chi connectivity index (χ4n) is 3.26. The predicted molar refractivity (Wildman–Crippen MR) is 87.9 cm³/mol. The van der Waals surface area contributed by atoms with Gasteiger partial charge in [-0.25, -0.2) is 0 Å². The smallest absolute Gasteiger partial charge is 0.229 e. The molecule has 23 heavy (non-hydrogen) atoms. The fraction of sp³-hybridized carbons (Fsp3) is 0.556. The van der Waals surface area contributed by atoms with Crippen molar-refractivity contribution in [1.82, 2.24) is 15.5 Å². The van der Waals surface area contributed by atoms with Crippen LogP contribution in [0.5, 0.6) is 0 Å². The molecule has 5 heteroatoms. The molecule has 0 saturated heterocycles. The molecular weight excluding hydrogens is 290 g/mol. The van der Waals surface area contributed by atoms with E-state index in [1.807, 2.05) is 25.1 Å². The number of aliphatic hydroxyl groups excluding tert-OH is 1. The summed E-state index contributed by atoms with van der Waals surface area (Å²) in [5.74, 6) is 2.03. The molecule has 3 rings (SSSR count). The summed E-state index contributed by atoms with van der Waals surface area (Å²) >= 11 is 0. The van der Waals surface area contributed by atoms with Crippen LogP contribution in [0.2, 0.25) is 0 Å². The molecule has 0 amide bonds. The van der Waals surface area contributed by atoms with Crippen LogP contribution >= 0.6 is 0 Å². The Morgan fingerprint density at radius 2 is 1.91 bits per heavy atom.